The van der Waals surface area contributed by atoms with Crippen LogP contribution in [0.5, 0.6) is 0 Å². The van der Waals surface area contributed by atoms with Gasteiger partial charge in [0.25, 0.3) is 0 Å². The number of tetrazole rings is 1. The third-order valence-corrected chi connectivity index (χ3v) is 3.17. The summed E-state index contributed by atoms with van der Waals surface area (Å²) >= 11 is 0. The van der Waals surface area contributed by atoms with Gasteiger partial charge in [-0.05, 0) is 35.0 Å². The number of benzene rings is 1. The summed E-state index contributed by atoms with van der Waals surface area (Å²) in [5.41, 5.74) is 1.29. The summed E-state index contributed by atoms with van der Waals surface area (Å²) in [5.74, 6) is -2.19. The predicted molar refractivity (Wildman–Crippen MR) is 67.0 cm³/mol. The molecule has 0 saturated heterocycles. The smallest absolute Gasteiger partial charge is 0.307 e. The van der Waals surface area contributed by atoms with Crippen molar-refractivity contribution in [2.75, 3.05) is 5.32 Å². The minimum Gasteiger partial charge on any atom is -0.481 e. The van der Waals surface area contributed by atoms with E-state index in [0.29, 0.717) is 17.8 Å². The first-order valence-electron chi connectivity index (χ1n) is 6.02. The molecule has 0 spiro atoms. The summed E-state index contributed by atoms with van der Waals surface area (Å²) in [6, 6.07) is 6.99. The molecule has 1 aromatic heterocycles. The predicted octanol–water partition coefficient (Wildman–Crippen LogP) is 0.321. The minimum absolute atomic E-state index is 0.272. The highest BCUT2D eigenvalue weighted by molar-refractivity contribution is 5.98. The van der Waals surface area contributed by atoms with Crippen molar-refractivity contribution >= 4 is 17.6 Å². The molecule has 2 unspecified atom stereocenters. The number of rotatable bonds is 4. The highest BCUT2D eigenvalue weighted by atomic mass is 16.4. The molecular formula is C12H11N5O3. The maximum atomic E-state index is 11.9. The highest BCUT2D eigenvalue weighted by Crippen LogP contribution is 2.39. The second-order valence-electron chi connectivity index (χ2n) is 4.58. The van der Waals surface area contributed by atoms with E-state index in [2.05, 4.69) is 20.8 Å². The van der Waals surface area contributed by atoms with Gasteiger partial charge in [-0.3, -0.25) is 9.59 Å². The van der Waals surface area contributed by atoms with Crippen molar-refractivity contribution in [1.29, 1.82) is 0 Å². The van der Waals surface area contributed by atoms with Gasteiger partial charge in [-0.25, -0.2) is 4.68 Å². The summed E-state index contributed by atoms with van der Waals surface area (Å²) in [6.45, 7) is 0. The zero-order chi connectivity index (χ0) is 14.1. The molecule has 1 aliphatic carbocycles. The molecule has 1 amide bonds. The summed E-state index contributed by atoms with van der Waals surface area (Å²) < 4.78 is 1.47. The van der Waals surface area contributed by atoms with Gasteiger partial charge < -0.3 is 10.4 Å². The lowest BCUT2D eigenvalue weighted by atomic mass is 10.2. The first-order valence-corrected chi connectivity index (χ1v) is 6.02. The number of nitrogens with one attached hydrogen (secondary N) is 1. The minimum atomic E-state index is -0.924. The quantitative estimate of drug-likeness (QED) is 0.830. The maximum absolute atomic E-state index is 11.9. The molecule has 3 rings (SSSR count). The average molecular weight is 273 g/mol. The van der Waals surface area contributed by atoms with E-state index in [9.17, 15) is 9.59 Å². The fourth-order valence-electron chi connectivity index (χ4n) is 2.00. The van der Waals surface area contributed by atoms with E-state index in [4.69, 9.17) is 5.11 Å². The first kappa shape index (κ1) is 12.3. The van der Waals surface area contributed by atoms with Crippen LogP contribution in [0.1, 0.15) is 6.42 Å². The molecule has 0 bridgehead atoms. The second-order valence-corrected chi connectivity index (χ2v) is 4.58. The number of carboxylic acid groups (broad SMARTS) is 1. The third-order valence-electron chi connectivity index (χ3n) is 3.17. The van der Waals surface area contributed by atoms with E-state index in [0.717, 1.165) is 0 Å². The van der Waals surface area contributed by atoms with Crippen LogP contribution in [0.3, 0.4) is 0 Å². The van der Waals surface area contributed by atoms with E-state index >= 15 is 0 Å². The van der Waals surface area contributed by atoms with Gasteiger partial charge in [0.15, 0.2) is 0 Å². The summed E-state index contributed by atoms with van der Waals surface area (Å²) in [4.78, 5) is 22.6. The molecule has 2 aromatic rings. The van der Waals surface area contributed by atoms with Crippen LogP contribution in [0.25, 0.3) is 5.69 Å². The van der Waals surface area contributed by atoms with Gasteiger partial charge in [0.2, 0.25) is 5.91 Å². The Morgan fingerprint density at radius 1 is 1.35 bits per heavy atom. The largest absolute Gasteiger partial charge is 0.481 e. The number of aliphatic carboxylic acids is 1. The van der Waals surface area contributed by atoms with Crippen molar-refractivity contribution in [2.24, 2.45) is 11.8 Å². The number of nitrogens with zero attached hydrogens (tertiary/aromatic N) is 4. The fraction of sp³-hybridized carbons (Fsp3) is 0.250. The lowest BCUT2D eigenvalue weighted by Gasteiger charge is -2.06. The number of aromatic nitrogens is 4. The van der Waals surface area contributed by atoms with Gasteiger partial charge in [0, 0.05) is 5.69 Å². The monoisotopic (exact) mass is 273 g/mol. The molecule has 1 aliphatic rings. The lowest BCUT2D eigenvalue weighted by molar-refractivity contribution is -0.139. The van der Waals surface area contributed by atoms with E-state index in [-0.39, 0.29) is 5.91 Å². The molecule has 0 aliphatic heterocycles. The Bertz CT molecular complexity index is 655. The molecule has 8 nitrogen and oxygen atoms in total. The Labute approximate surface area is 113 Å². The fourth-order valence-corrected chi connectivity index (χ4v) is 2.00. The van der Waals surface area contributed by atoms with Crippen LogP contribution in [0, 0.1) is 11.8 Å². The standard InChI is InChI=1S/C12H11N5O3/c18-11(9-5-10(9)12(19)20)14-7-2-1-3-8(4-7)17-6-13-15-16-17/h1-4,6,9-10H,5H2,(H,14,18)(H,19,20). The molecule has 2 atom stereocenters. The molecular weight excluding hydrogens is 262 g/mol. The van der Waals surface area contributed by atoms with Crippen LogP contribution in [0.4, 0.5) is 5.69 Å². The first-order chi connectivity index (χ1) is 9.65. The Kier molecular flexibility index (Phi) is 2.90. The van der Waals surface area contributed by atoms with Gasteiger partial charge in [0.05, 0.1) is 17.5 Å². The van der Waals surface area contributed by atoms with Gasteiger partial charge in [-0.2, -0.15) is 0 Å². The van der Waals surface area contributed by atoms with Gasteiger partial charge >= 0.3 is 5.97 Å². The lowest BCUT2D eigenvalue weighted by Crippen LogP contribution is -2.16. The number of carbonyl (C=O) groups excluding carboxylic acids is 1. The second kappa shape index (κ2) is 4.72. The Morgan fingerprint density at radius 3 is 2.85 bits per heavy atom. The maximum Gasteiger partial charge on any atom is 0.307 e. The van der Waals surface area contributed by atoms with Crippen molar-refractivity contribution in [3.05, 3.63) is 30.6 Å². The van der Waals surface area contributed by atoms with Crippen molar-refractivity contribution in [3.63, 3.8) is 0 Å². The van der Waals surface area contributed by atoms with Crippen molar-refractivity contribution in [3.8, 4) is 5.69 Å². The molecule has 2 N–H and O–H groups in total. The summed E-state index contributed by atoms with van der Waals surface area (Å²) in [7, 11) is 0. The Hall–Kier alpha value is -2.77. The number of anilines is 1. The van der Waals surface area contributed by atoms with Gasteiger partial charge in [-0.1, -0.05) is 6.07 Å². The summed E-state index contributed by atoms with van der Waals surface area (Å²) in [5, 5.41) is 22.3. The molecule has 8 heteroatoms. The molecule has 20 heavy (non-hydrogen) atoms. The van der Waals surface area contributed by atoms with E-state index in [1.165, 1.54) is 11.0 Å². The number of hydrogen-bond donors (Lipinski definition) is 2. The van der Waals surface area contributed by atoms with Crippen LogP contribution in [-0.2, 0) is 9.59 Å². The molecule has 1 fully saturated rings. The Balaban J connectivity index is 1.71. The number of carbonyl (C=O) groups is 2. The SMILES string of the molecule is O=C(O)C1CC1C(=O)Nc1cccc(-n2cnnn2)c1. The average Bonchev–Trinajstić information content (AvgIpc) is 3.06. The van der Waals surface area contributed by atoms with Gasteiger partial charge in [0.1, 0.15) is 6.33 Å². The normalized spacial score (nSPS) is 20.4. The number of carboxylic acids is 1. The van der Waals surface area contributed by atoms with Crippen LogP contribution in [-0.4, -0.2) is 37.2 Å². The van der Waals surface area contributed by atoms with Crippen LogP contribution >= 0.6 is 0 Å². The molecule has 0 radical (unpaired) electrons. The topological polar surface area (TPSA) is 110 Å². The highest BCUT2D eigenvalue weighted by Gasteiger charge is 2.48. The van der Waals surface area contributed by atoms with E-state index in [1.807, 2.05) is 0 Å². The van der Waals surface area contributed by atoms with Gasteiger partial charge in [-0.15, -0.1) is 5.10 Å². The number of hydrogen-bond acceptors (Lipinski definition) is 5. The molecule has 1 saturated carbocycles. The zero-order valence-corrected chi connectivity index (χ0v) is 10.3. The van der Waals surface area contributed by atoms with Crippen LogP contribution in [0.15, 0.2) is 30.6 Å². The molecule has 1 heterocycles. The molecule has 102 valence electrons. The Morgan fingerprint density at radius 2 is 2.20 bits per heavy atom. The third kappa shape index (κ3) is 2.35. The summed E-state index contributed by atoms with van der Waals surface area (Å²) in [6.07, 6.45) is 1.84. The van der Waals surface area contributed by atoms with Crippen LogP contribution < -0.4 is 5.32 Å². The van der Waals surface area contributed by atoms with E-state index in [1.54, 1.807) is 24.3 Å². The number of amides is 1. The zero-order valence-electron chi connectivity index (χ0n) is 10.3. The van der Waals surface area contributed by atoms with Crippen molar-refractivity contribution in [2.45, 2.75) is 6.42 Å². The molecule has 1 aromatic carbocycles. The van der Waals surface area contributed by atoms with Crippen LogP contribution in [0.2, 0.25) is 0 Å². The van der Waals surface area contributed by atoms with Crippen molar-refractivity contribution in [1.82, 2.24) is 20.2 Å². The van der Waals surface area contributed by atoms with Crippen molar-refractivity contribution < 1.29 is 14.7 Å². The van der Waals surface area contributed by atoms with E-state index < -0.39 is 17.8 Å².